The molecule has 3 rings (SSSR count). The Morgan fingerprint density at radius 2 is 2.11 bits per heavy atom. The van der Waals surface area contributed by atoms with Gasteiger partial charge in [-0.25, -0.2) is 9.59 Å². The van der Waals surface area contributed by atoms with Crippen molar-refractivity contribution in [1.29, 1.82) is 0 Å². The fourth-order valence-electron chi connectivity index (χ4n) is 3.23. The third-order valence-electron chi connectivity index (χ3n) is 4.36. The molecule has 1 aromatic rings. The molecule has 0 spiro atoms. The summed E-state index contributed by atoms with van der Waals surface area (Å²) in [6, 6.07) is 3.96. The first-order chi connectivity index (χ1) is 12.8. The number of anilines is 2. The second-order valence-corrected chi connectivity index (χ2v) is 6.83. The summed E-state index contributed by atoms with van der Waals surface area (Å²) < 4.78 is 4.94. The predicted molar refractivity (Wildman–Crippen MR) is 97.5 cm³/mol. The lowest BCUT2D eigenvalue weighted by Gasteiger charge is -2.33. The zero-order valence-electron chi connectivity index (χ0n) is 15.2. The van der Waals surface area contributed by atoms with Crippen molar-refractivity contribution in [1.82, 2.24) is 10.6 Å². The molecule has 4 amide bonds. The van der Waals surface area contributed by atoms with E-state index >= 15 is 0 Å². The molecule has 2 heterocycles. The SMILES string of the molecule is CC(C)NC(=O)NC(=O)COC(=O)c1ccc2c(c1)NC(=O)[C@@H]1CCCN21. The van der Waals surface area contributed by atoms with Gasteiger partial charge in [0.05, 0.1) is 16.9 Å². The van der Waals surface area contributed by atoms with E-state index in [4.69, 9.17) is 4.74 Å². The van der Waals surface area contributed by atoms with Crippen LogP contribution < -0.4 is 20.9 Å². The lowest BCUT2D eigenvalue weighted by Crippen LogP contribution is -2.44. The maximum absolute atomic E-state index is 12.2. The molecule has 1 atom stereocenters. The van der Waals surface area contributed by atoms with Gasteiger partial charge in [0.2, 0.25) is 5.91 Å². The number of ether oxygens (including phenoxy) is 1. The fraction of sp³-hybridized carbons (Fsp3) is 0.444. The Balaban J connectivity index is 1.60. The van der Waals surface area contributed by atoms with Crippen LogP contribution in [0.1, 0.15) is 37.0 Å². The Hall–Kier alpha value is -3.10. The summed E-state index contributed by atoms with van der Waals surface area (Å²) in [6.45, 7) is 3.72. The monoisotopic (exact) mass is 374 g/mol. The summed E-state index contributed by atoms with van der Waals surface area (Å²) in [5.41, 5.74) is 1.64. The normalized spacial score (nSPS) is 17.7. The molecule has 0 unspecified atom stereocenters. The number of hydrogen-bond acceptors (Lipinski definition) is 6. The van der Waals surface area contributed by atoms with Gasteiger partial charge in [-0.3, -0.25) is 14.9 Å². The third-order valence-corrected chi connectivity index (χ3v) is 4.36. The first-order valence-electron chi connectivity index (χ1n) is 8.84. The van der Waals surface area contributed by atoms with Gasteiger partial charge in [-0.2, -0.15) is 0 Å². The highest BCUT2D eigenvalue weighted by molar-refractivity contribution is 6.05. The zero-order valence-corrected chi connectivity index (χ0v) is 15.2. The largest absolute Gasteiger partial charge is 0.452 e. The Kier molecular flexibility index (Phi) is 5.29. The molecule has 0 aromatic heterocycles. The molecule has 27 heavy (non-hydrogen) atoms. The fourth-order valence-corrected chi connectivity index (χ4v) is 3.23. The smallest absolute Gasteiger partial charge is 0.338 e. The number of esters is 1. The van der Waals surface area contributed by atoms with E-state index in [-0.39, 0.29) is 23.6 Å². The summed E-state index contributed by atoms with van der Waals surface area (Å²) in [5.74, 6) is -1.52. The number of fused-ring (bicyclic) bond motifs is 3. The van der Waals surface area contributed by atoms with E-state index in [0.717, 1.165) is 25.1 Å². The lowest BCUT2D eigenvalue weighted by molar-refractivity contribution is -0.123. The molecule has 0 bridgehead atoms. The van der Waals surface area contributed by atoms with E-state index in [0.29, 0.717) is 5.69 Å². The molecule has 3 N–H and O–H groups in total. The van der Waals surface area contributed by atoms with Gasteiger partial charge in [-0.15, -0.1) is 0 Å². The van der Waals surface area contributed by atoms with Crippen LogP contribution in [-0.2, 0) is 14.3 Å². The molecule has 0 saturated carbocycles. The second kappa shape index (κ2) is 7.65. The minimum absolute atomic E-state index is 0.0824. The zero-order chi connectivity index (χ0) is 19.6. The van der Waals surface area contributed by atoms with Crippen LogP contribution in [0.2, 0.25) is 0 Å². The third kappa shape index (κ3) is 4.18. The quantitative estimate of drug-likeness (QED) is 0.677. The number of nitrogens with zero attached hydrogens (tertiary/aromatic N) is 1. The van der Waals surface area contributed by atoms with Crippen LogP contribution in [0.15, 0.2) is 18.2 Å². The van der Waals surface area contributed by atoms with Crippen molar-refractivity contribution in [2.45, 2.75) is 38.8 Å². The maximum Gasteiger partial charge on any atom is 0.338 e. The van der Waals surface area contributed by atoms with E-state index in [2.05, 4.69) is 16.0 Å². The maximum atomic E-state index is 12.2. The van der Waals surface area contributed by atoms with Crippen LogP contribution >= 0.6 is 0 Å². The Morgan fingerprint density at radius 3 is 2.85 bits per heavy atom. The minimum Gasteiger partial charge on any atom is -0.452 e. The summed E-state index contributed by atoms with van der Waals surface area (Å²) in [6.07, 6.45) is 1.76. The number of carbonyl (C=O) groups excluding carboxylic acids is 4. The molecular formula is C18H22N4O5. The van der Waals surface area contributed by atoms with E-state index < -0.39 is 24.5 Å². The van der Waals surface area contributed by atoms with Crippen LogP contribution in [0.25, 0.3) is 0 Å². The van der Waals surface area contributed by atoms with Crippen molar-refractivity contribution in [3.05, 3.63) is 23.8 Å². The van der Waals surface area contributed by atoms with Crippen LogP contribution in [-0.4, -0.2) is 49.1 Å². The molecule has 0 radical (unpaired) electrons. The molecular weight excluding hydrogens is 352 g/mol. The van der Waals surface area contributed by atoms with E-state index in [1.165, 1.54) is 6.07 Å². The molecule has 0 aliphatic carbocycles. The first-order valence-corrected chi connectivity index (χ1v) is 8.84. The van der Waals surface area contributed by atoms with Gasteiger partial charge < -0.3 is 20.3 Å². The van der Waals surface area contributed by atoms with Crippen LogP contribution in [0.3, 0.4) is 0 Å². The van der Waals surface area contributed by atoms with E-state index in [1.54, 1.807) is 26.0 Å². The van der Waals surface area contributed by atoms with Crippen molar-refractivity contribution in [3.63, 3.8) is 0 Å². The van der Waals surface area contributed by atoms with Crippen LogP contribution in [0.4, 0.5) is 16.2 Å². The number of urea groups is 1. The Bertz CT molecular complexity index is 792. The van der Waals surface area contributed by atoms with Crippen LogP contribution in [0.5, 0.6) is 0 Å². The lowest BCUT2D eigenvalue weighted by atomic mass is 10.1. The van der Waals surface area contributed by atoms with Crippen molar-refractivity contribution in [2.24, 2.45) is 0 Å². The average molecular weight is 374 g/mol. The van der Waals surface area contributed by atoms with Gasteiger partial charge in [0.25, 0.3) is 5.91 Å². The van der Waals surface area contributed by atoms with Crippen molar-refractivity contribution in [2.75, 3.05) is 23.4 Å². The van der Waals surface area contributed by atoms with Gasteiger partial charge in [0, 0.05) is 12.6 Å². The standard InChI is InChI=1S/C18H22N4O5/c1-10(2)19-18(26)21-15(23)9-27-17(25)11-5-6-13-12(8-11)20-16(24)14-4-3-7-22(13)14/h5-6,8,10,14H,3-4,7,9H2,1-2H3,(H,20,24)(H2,19,21,23,26)/t14-/m0/s1. The highest BCUT2D eigenvalue weighted by atomic mass is 16.5. The van der Waals surface area contributed by atoms with Crippen molar-refractivity contribution < 1.29 is 23.9 Å². The van der Waals surface area contributed by atoms with Gasteiger partial charge >= 0.3 is 12.0 Å². The summed E-state index contributed by atoms with van der Waals surface area (Å²) in [7, 11) is 0. The topological polar surface area (TPSA) is 117 Å². The number of imide groups is 1. The molecule has 1 saturated heterocycles. The number of carbonyl (C=O) groups is 4. The highest BCUT2D eigenvalue weighted by Gasteiger charge is 2.36. The van der Waals surface area contributed by atoms with Gasteiger partial charge in [-0.1, -0.05) is 0 Å². The summed E-state index contributed by atoms with van der Waals surface area (Å²) >= 11 is 0. The predicted octanol–water partition coefficient (Wildman–Crippen LogP) is 0.998. The summed E-state index contributed by atoms with van der Waals surface area (Å²) in [4.78, 5) is 49.5. The first kappa shape index (κ1) is 18.7. The summed E-state index contributed by atoms with van der Waals surface area (Å²) in [5, 5.41) is 7.38. The Labute approximate surface area is 156 Å². The molecule has 1 aromatic carbocycles. The number of nitrogens with one attached hydrogen (secondary N) is 3. The molecule has 2 aliphatic rings. The van der Waals surface area contributed by atoms with Crippen molar-refractivity contribution >= 4 is 35.2 Å². The van der Waals surface area contributed by atoms with E-state index in [1.807, 2.05) is 4.90 Å². The molecule has 1 fully saturated rings. The molecule has 9 heteroatoms. The number of hydrogen-bond donors (Lipinski definition) is 3. The molecule has 144 valence electrons. The van der Waals surface area contributed by atoms with E-state index in [9.17, 15) is 19.2 Å². The van der Waals surface area contributed by atoms with Gasteiger partial charge in [0.15, 0.2) is 6.61 Å². The van der Waals surface area contributed by atoms with Crippen LogP contribution in [0, 0.1) is 0 Å². The minimum atomic E-state index is -0.729. The van der Waals surface area contributed by atoms with Gasteiger partial charge in [0.1, 0.15) is 6.04 Å². The second-order valence-electron chi connectivity index (χ2n) is 6.83. The number of amides is 4. The molecule has 9 nitrogen and oxygen atoms in total. The highest BCUT2D eigenvalue weighted by Crippen LogP contribution is 2.37. The molecule has 2 aliphatic heterocycles. The average Bonchev–Trinajstić information content (AvgIpc) is 3.09. The van der Waals surface area contributed by atoms with Crippen molar-refractivity contribution in [3.8, 4) is 0 Å². The van der Waals surface area contributed by atoms with Gasteiger partial charge in [-0.05, 0) is 44.9 Å². The number of benzene rings is 1. The number of rotatable bonds is 4. The Morgan fingerprint density at radius 1 is 1.33 bits per heavy atom.